The monoisotopic (exact) mass is 368 g/mol. The van der Waals surface area contributed by atoms with E-state index in [0.29, 0.717) is 18.9 Å². The third-order valence-electron chi connectivity index (χ3n) is 4.30. The lowest BCUT2D eigenvalue weighted by Crippen LogP contribution is -1.99. The molecule has 0 aliphatic heterocycles. The summed E-state index contributed by atoms with van der Waals surface area (Å²) >= 11 is 1.81. The molecule has 0 unspecified atom stereocenters. The van der Waals surface area contributed by atoms with Crippen LogP contribution in [0.25, 0.3) is 15.8 Å². The van der Waals surface area contributed by atoms with E-state index in [2.05, 4.69) is 24.4 Å². The molecule has 0 radical (unpaired) electrons. The molecular formula is C21H24N2O2S. The van der Waals surface area contributed by atoms with Gasteiger partial charge in [0.25, 0.3) is 0 Å². The second-order valence-electron chi connectivity index (χ2n) is 6.15. The number of pyridine rings is 1. The zero-order valence-electron chi connectivity index (χ0n) is 15.4. The van der Waals surface area contributed by atoms with Crippen molar-refractivity contribution in [2.75, 3.05) is 11.9 Å². The molecular weight excluding hydrogens is 344 g/mol. The molecule has 1 amide bonds. The van der Waals surface area contributed by atoms with Crippen molar-refractivity contribution < 1.29 is 9.53 Å². The van der Waals surface area contributed by atoms with Crippen LogP contribution >= 0.6 is 11.8 Å². The molecule has 0 bridgehead atoms. The minimum atomic E-state index is 0.574. The van der Waals surface area contributed by atoms with Crippen molar-refractivity contribution in [3.8, 4) is 5.75 Å². The standard InChI is InChI=1S/C21H24N2O2S/c1-4-20(14-7-8-14)26-21(5-2)18-12-19(25-6-3)16-11-15(22-13-24)9-10-17(16)23-18/h4-5,9-14H,6-8H2,1-3H3,(H,22,24)/b20-4-,21-5-. The van der Waals surface area contributed by atoms with E-state index < -0.39 is 0 Å². The van der Waals surface area contributed by atoms with Crippen LogP contribution in [0.15, 0.2) is 41.3 Å². The average Bonchev–Trinajstić information content (AvgIpc) is 3.48. The minimum Gasteiger partial charge on any atom is -0.493 e. The van der Waals surface area contributed by atoms with E-state index in [1.165, 1.54) is 17.7 Å². The topological polar surface area (TPSA) is 51.2 Å². The van der Waals surface area contributed by atoms with Crippen LogP contribution in [-0.2, 0) is 4.79 Å². The van der Waals surface area contributed by atoms with Gasteiger partial charge in [-0.3, -0.25) is 4.79 Å². The van der Waals surface area contributed by atoms with Gasteiger partial charge in [-0.25, -0.2) is 4.98 Å². The number of nitrogens with zero attached hydrogens (tertiary/aromatic N) is 1. The van der Waals surface area contributed by atoms with Gasteiger partial charge in [0.05, 0.1) is 17.8 Å². The van der Waals surface area contributed by atoms with Crippen LogP contribution in [0.3, 0.4) is 0 Å². The van der Waals surface area contributed by atoms with Gasteiger partial charge in [-0.2, -0.15) is 0 Å². The Bertz CT molecular complexity index is 870. The van der Waals surface area contributed by atoms with Crippen LogP contribution in [0, 0.1) is 5.92 Å². The quantitative estimate of drug-likeness (QED) is 0.615. The number of hydrogen-bond donors (Lipinski definition) is 1. The molecule has 136 valence electrons. The molecule has 0 atom stereocenters. The number of benzene rings is 1. The van der Waals surface area contributed by atoms with Crippen molar-refractivity contribution in [1.29, 1.82) is 0 Å². The van der Waals surface area contributed by atoms with Gasteiger partial charge in [-0.1, -0.05) is 23.9 Å². The molecule has 5 heteroatoms. The number of nitrogens with one attached hydrogen (secondary N) is 1. The van der Waals surface area contributed by atoms with Crippen LogP contribution in [0.4, 0.5) is 5.69 Å². The Morgan fingerprint density at radius 1 is 1.31 bits per heavy atom. The van der Waals surface area contributed by atoms with Crippen molar-refractivity contribution in [3.05, 3.63) is 47.0 Å². The number of anilines is 1. The summed E-state index contributed by atoms with van der Waals surface area (Å²) in [4.78, 5) is 18.1. The maximum absolute atomic E-state index is 10.7. The van der Waals surface area contributed by atoms with Crippen molar-refractivity contribution in [1.82, 2.24) is 4.98 Å². The molecule has 4 nitrogen and oxygen atoms in total. The highest BCUT2D eigenvalue weighted by Gasteiger charge is 2.27. The summed E-state index contributed by atoms with van der Waals surface area (Å²) in [6.07, 6.45) is 7.57. The predicted molar refractivity (Wildman–Crippen MR) is 110 cm³/mol. The summed E-state index contributed by atoms with van der Waals surface area (Å²) in [6, 6.07) is 7.67. The molecule has 1 heterocycles. The minimum absolute atomic E-state index is 0.574. The van der Waals surface area contributed by atoms with Gasteiger partial charge in [-0.05, 0) is 62.6 Å². The molecule has 1 aliphatic rings. The molecule has 3 rings (SSSR count). The highest BCUT2D eigenvalue weighted by molar-refractivity contribution is 8.11. The van der Waals surface area contributed by atoms with Crippen LogP contribution in [0.2, 0.25) is 0 Å². The first kappa shape index (κ1) is 18.5. The Morgan fingerprint density at radius 3 is 2.73 bits per heavy atom. The number of fused-ring (bicyclic) bond motifs is 1. The number of rotatable bonds is 8. The molecule has 1 aliphatic carbocycles. The number of ether oxygens (including phenoxy) is 1. The molecule has 1 fully saturated rings. The number of amides is 1. The lowest BCUT2D eigenvalue weighted by Gasteiger charge is -2.14. The maximum Gasteiger partial charge on any atom is 0.211 e. The molecule has 26 heavy (non-hydrogen) atoms. The van der Waals surface area contributed by atoms with Crippen LogP contribution in [-0.4, -0.2) is 18.0 Å². The number of hydrogen-bond acceptors (Lipinski definition) is 4. The molecule has 1 saturated carbocycles. The summed E-state index contributed by atoms with van der Waals surface area (Å²) in [5.74, 6) is 1.50. The van der Waals surface area contributed by atoms with E-state index in [-0.39, 0.29) is 0 Å². The second kappa shape index (κ2) is 8.41. The maximum atomic E-state index is 10.7. The fourth-order valence-electron chi connectivity index (χ4n) is 2.89. The third-order valence-corrected chi connectivity index (χ3v) is 5.77. The van der Waals surface area contributed by atoms with Gasteiger partial charge in [0.15, 0.2) is 0 Å². The zero-order chi connectivity index (χ0) is 18.5. The van der Waals surface area contributed by atoms with Gasteiger partial charge in [-0.15, -0.1) is 0 Å². The Hall–Kier alpha value is -2.27. The van der Waals surface area contributed by atoms with Crippen molar-refractivity contribution in [2.45, 2.75) is 33.6 Å². The summed E-state index contributed by atoms with van der Waals surface area (Å²) < 4.78 is 5.87. The fourth-order valence-corrected chi connectivity index (χ4v) is 3.99. The van der Waals surface area contributed by atoms with Gasteiger partial charge in [0, 0.05) is 22.0 Å². The Labute approximate surface area is 158 Å². The number of carbonyl (C=O) groups is 1. The van der Waals surface area contributed by atoms with Crippen LogP contribution in [0.1, 0.15) is 39.3 Å². The Kier molecular flexibility index (Phi) is 5.99. The SMILES string of the molecule is C/C=C(\S/C(=C\C)C1CC1)c1cc(OCC)c2cc(NC=O)ccc2n1. The van der Waals surface area contributed by atoms with Crippen LogP contribution < -0.4 is 10.1 Å². The van der Waals surface area contributed by atoms with Gasteiger partial charge < -0.3 is 10.1 Å². The van der Waals surface area contributed by atoms with Crippen molar-refractivity contribution in [3.63, 3.8) is 0 Å². The lowest BCUT2D eigenvalue weighted by atomic mass is 10.1. The molecule has 0 saturated heterocycles. The van der Waals surface area contributed by atoms with E-state index in [9.17, 15) is 4.79 Å². The summed E-state index contributed by atoms with van der Waals surface area (Å²) in [5, 5.41) is 3.58. The van der Waals surface area contributed by atoms with Crippen molar-refractivity contribution >= 4 is 39.7 Å². The zero-order valence-corrected chi connectivity index (χ0v) is 16.2. The first-order chi connectivity index (χ1) is 12.7. The van der Waals surface area contributed by atoms with Crippen molar-refractivity contribution in [2.24, 2.45) is 5.92 Å². The van der Waals surface area contributed by atoms with Gasteiger partial charge >= 0.3 is 0 Å². The summed E-state index contributed by atoms with van der Waals surface area (Å²) in [6.45, 7) is 6.70. The van der Waals surface area contributed by atoms with E-state index in [1.807, 2.05) is 38.1 Å². The molecule has 1 aromatic carbocycles. The highest BCUT2D eigenvalue weighted by Crippen LogP contribution is 2.47. The summed E-state index contributed by atoms with van der Waals surface area (Å²) in [5.41, 5.74) is 2.51. The molecule has 1 aromatic heterocycles. The normalized spacial score (nSPS) is 15.2. The fraction of sp³-hybridized carbons (Fsp3) is 0.333. The van der Waals surface area contributed by atoms with E-state index in [1.54, 1.807) is 11.8 Å². The molecule has 2 aromatic rings. The largest absolute Gasteiger partial charge is 0.493 e. The number of allylic oxidation sites excluding steroid dienone is 3. The molecule has 1 N–H and O–H groups in total. The Morgan fingerprint density at radius 2 is 2.12 bits per heavy atom. The van der Waals surface area contributed by atoms with E-state index in [4.69, 9.17) is 9.72 Å². The first-order valence-electron chi connectivity index (χ1n) is 8.98. The number of aromatic nitrogens is 1. The van der Waals surface area contributed by atoms with Gasteiger partial charge in [0.1, 0.15) is 5.75 Å². The Balaban J connectivity index is 2.02. The lowest BCUT2D eigenvalue weighted by molar-refractivity contribution is -0.105. The van der Waals surface area contributed by atoms with Crippen LogP contribution in [0.5, 0.6) is 5.75 Å². The molecule has 0 spiro atoms. The smallest absolute Gasteiger partial charge is 0.211 e. The first-order valence-corrected chi connectivity index (χ1v) is 9.80. The van der Waals surface area contributed by atoms with E-state index in [0.717, 1.165) is 32.9 Å². The predicted octanol–water partition coefficient (Wildman–Crippen LogP) is 5.61. The van der Waals surface area contributed by atoms with E-state index >= 15 is 0 Å². The highest BCUT2D eigenvalue weighted by atomic mass is 32.2. The van der Waals surface area contributed by atoms with Gasteiger partial charge in [0.2, 0.25) is 6.41 Å². The number of thioether (sulfide) groups is 1. The number of carbonyl (C=O) groups excluding carboxylic acids is 1. The average molecular weight is 369 g/mol. The summed E-state index contributed by atoms with van der Waals surface area (Å²) in [7, 11) is 0. The third kappa shape index (κ3) is 4.10. The second-order valence-corrected chi connectivity index (χ2v) is 7.27.